The Morgan fingerprint density at radius 1 is 1.53 bits per heavy atom. The molecule has 1 amide bonds. The van der Waals surface area contributed by atoms with Crippen molar-refractivity contribution in [1.82, 2.24) is 4.98 Å². The van der Waals surface area contributed by atoms with Crippen molar-refractivity contribution < 1.29 is 9.53 Å². The van der Waals surface area contributed by atoms with Gasteiger partial charge in [0, 0.05) is 18.3 Å². The fraction of sp³-hybridized carbons (Fsp3) is 0.400. The minimum Gasteiger partial charge on any atom is -0.488 e. The molecule has 1 aliphatic carbocycles. The van der Waals surface area contributed by atoms with Crippen molar-refractivity contribution in [2.45, 2.75) is 25.5 Å². The molecule has 15 heavy (non-hydrogen) atoms. The predicted octanol–water partition coefficient (Wildman–Crippen LogP) is 0.180. The molecule has 0 bridgehead atoms. The van der Waals surface area contributed by atoms with Crippen LogP contribution in [0, 0.1) is 0 Å². The molecule has 1 fully saturated rings. The van der Waals surface area contributed by atoms with Gasteiger partial charge in [-0.1, -0.05) is 0 Å². The molecule has 1 aliphatic rings. The SMILES string of the molecule is NCc1c(OC2CC2)cncc1C(N)=O. The second-order valence-corrected chi connectivity index (χ2v) is 3.55. The third-order valence-corrected chi connectivity index (χ3v) is 2.31. The van der Waals surface area contributed by atoms with Gasteiger partial charge in [-0.3, -0.25) is 9.78 Å². The topological polar surface area (TPSA) is 91.2 Å². The van der Waals surface area contributed by atoms with Crippen LogP contribution in [0.3, 0.4) is 0 Å². The highest BCUT2D eigenvalue weighted by Gasteiger charge is 2.25. The van der Waals surface area contributed by atoms with Crippen molar-refractivity contribution in [1.29, 1.82) is 0 Å². The number of amides is 1. The second-order valence-electron chi connectivity index (χ2n) is 3.55. The van der Waals surface area contributed by atoms with E-state index in [-0.39, 0.29) is 12.6 Å². The zero-order valence-electron chi connectivity index (χ0n) is 8.27. The van der Waals surface area contributed by atoms with E-state index in [1.807, 2.05) is 0 Å². The van der Waals surface area contributed by atoms with Crippen LogP contribution in [0.2, 0.25) is 0 Å². The summed E-state index contributed by atoms with van der Waals surface area (Å²) >= 11 is 0. The van der Waals surface area contributed by atoms with E-state index in [4.69, 9.17) is 16.2 Å². The lowest BCUT2D eigenvalue weighted by atomic mass is 10.1. The van der Waals surface area contributed by atoms with Gasteiger partial charge in [-0.25, -0.2) is 0 Å². The quantitative estimate of drug-likeness (QED) is 0.736. The molecule has 0 saturated heterocycles. The molecule has 1 saturated carbocycles. The summed E-state index contributed by atoms with van der Waals surface area (Å²) in [6, 6.07) is 0. The molecule has 1 aromatic heterocycles. The molecule has 0 aromatic carbocycles. The summed E-state index contributed by atoms with van der Waals surface area (Å²) in [6.45, 7) is 0.225. The van der Waals surface area contributed by atoms with E-state index in [9.17, 15) is 4.79 Å². The first-order valence-electron chi connectivity index (χ1n) is 4.85. The van der Waals surface area contributed by atoms with Gasteiger partial charge in [0.15, 0.2) is 0 Å². The molecule has 4 N–H and O–H groups in total. The van der Waals surface area contributed by atoms with Crippen molar-refractivity contribution in [3.8, 4) is 5.75 Å². The number of carbonyl (C=O) groups excluding carboxylic acids is 1. The molecule has 1 heterocycles. The van der Waals surface area contributed by atoms with E-state index in [0.29, 0.717) is 16.9 Å². The van der Waals surface area contributed by atoms with Gasteiger partial charge in [0.1, 0.15) is 5.75 Å². The van der Waals surface area contributed by atoms with Gasteiger partial charge >= 0.3 is 0 Å². The van der Waals surface area contributed by atoms with E-state index in [1.165, 1.54) is 6.20 Å². The van der Waals surface area contributed by atoms with E-state index in [2.05, 4.69) is 4.98 Å². The van der Waals surface area contributed by atoms with Crippen molar-refractivity contribution in [2.75, 3.05) is 0 Å². The van der Waals surface area contributed by atoms with Crippen LogP contribution >= 0.6 is 0 Å². The lowest BCUT2D eigenvalue weighted by Gasteiger charge is -2.11. The third kappa shape index (κ3) is 2.07. The van der Waals surface area contributed by atoms with Gasteiger partial charge in [0.2, 0.25) is 0 Å². The molecule has 5 heteroatoms. The molecule has 0 radical (unpaired) electrons. The Hall–Kier alpha value is -1.62. The first-order valence-corrected chi connectivity index (χ1v) is 4.85. The van der Waals surface area contributed by atoms with Crippen LogP contribution in [0.25, 0.3) is 0 Å². The van der Waals surface area contributed by atoms with Crippen LogP contribution in [0.1, 0.15) is 28.8 Å². The Morgan fingerprint density at radius 2 is 2.27 bits per heavy atom. The number of rotatable bonds is 4. The Labute approximate surface area is 87.4 Å². The monoisotopic (exact) mass is 207 g/mol. The van der Waals surface area contributed by atoms with Gasteiger partial charge in [0.25, 0.3) is 5.91 Å². The number of primary amides is 1. The standard InChI is InChI=1S/C10H13N3O2/c11-3-7-8(10(12)14)4-13-5-9(7)15-6-1-2-6/h4-6H,1-3,11H2,(H2,12,14). The highest BCUT2D eigenvalue weighted by molar-refractivity contribution is 5.94. The average Bonchev–Trinajstić information content (AvgIpc) is 3.01. The molecule has 5 nitrogen and oxygen atoms in total. The van der Waals surface area contributed by atoms with Crippen molar-refractivity contribution >= 4 is 5.91 Å². The number of carbonyl (C=O) groups is 1. The van der Waals surface area contributed by atoms with Crippen LogP contribution in [0.4, 0.5) is 0 Å². The highest BCUT2D eigenvalue weighted by atomic mass is 16.5. The summed E-state index contributed by atoms with van der Waals surface area (Å²) in [7, 11) is 0. The smallest absolute Gasteiger partial charge is 0.250 e. The number of nitrogens with zero attached hydrogens (tertiary/aromatic N) is 1. The fourth-order valence-electron chi connectivity index (χ4n) is 1.36. The normalized spacial score (nSPS) is 15.0. The predicted molar refractivity (Wildman–Crippen MR) is 54.3 cm³/mol. The molecule has 1 aromatic rings. The molecular weight excluding hydrogens is 194 g/mol. The molecular formula is C10H13N3O2. The third-order valence-electron chi connectivity index (χ3n) is 2.31. The number of aromatic nitrogens is 1. The maximum Gasteiger partial charge on any atom is 0.250 e. The van der Waals surface area contributed by atoms with Gasteiger partial charge in [0.05, 0.1) is 17.9 Å². The number of ether oxygens (including phenoxy) is 1. The van der Waals surface area contributed by atoms with Crippen molar-refractivity contribution in [2.24, 2.45) is 11.5 Å². The lowest BCUT2D eigenvalue weighted by molar-refractivity contribution is 0.0998. The van der Waals surface area contributed by atoms with Crippen LogP contribution < -0.4 is 16.2 Å². The number of nitrogens with two attached hydrogens (primary N) is 2. The number of hydrogen-bond donors (Lipinski definition) is 2. The Bertz CT molecular complexity index is 388. The molecule has 0 atom stereocenters. The summed E-state index contributed by atoms with van der Waals surface area (Å²) in [4.78, 5) is 15.0. The summed E-state index contributed by atoms with van der Waals surface area (Å²) in [6.07, 6.45) is 5.34. The van der Waals surface area contributed by atoms with Crippen LogP contribution in [-0.4, -0.2) is 17.0 Å². The molecule has 0 spiro atoms. The molecule has 0 aliphatic heterocycles. The van der Waals surface area contributed by atoms with Gasteiger partial charge in [-0.15, -0.1) is 0 Å². The molecule has 2 rings (SSSR count). The Balaban J connectivity index is 2.34. The zero-order chi connectivity index (χ0) is 10.8. The average molecular weight is 207 g/mol. The lowest BCUT2D eigenvalue weighted by Crippen LogP contribution is -2.17. The van der Waals surface area contributed by atoms with E-state index < -0.39 is 5.91 Å². The van der Waals surface area contributed by atoms with Gasteiger partial charge < -0.3 is 16.2 Å². The van der Waals surface area contributed by atoms with Crippen LogP contribution in [0.5, 0.6) is 5.75 Å². The minimum atomic E-state index is -0.524. The van der Waals surface area contributed by atoms with E-state index >= 15 is 0 Å². The first-order chi connectivity index (χ1) is 7.22. The highest BCUT2D eigenvalue weighted by Crippen LogP contribution is 2.29. The summed E-state index contributed by atoms with van der Waals surface area (Å²) in [5.41, 5.74) is 11.8. The summed E-state index contributed by atoms with van der Waals surface area (Å²) < 4.78 is 5.59. The van der Waals surface area contributed by atoms with Crippen LogP contribution in [-0.2, 0) is 6.54 Å². The van der Waals surface area contributed by atoms with Gasteiger partial charge in [-0.2, -0.15) is 0 Å². The maximum atomic E-state index is 11.1. The van der Waals surface area contributed by atoms with E-state index in [1.54, 1.807) is 6.20 Å². The summed E-state index contributed by atoms with van der Waals surface area (Å²) in [5, 5.41) is 0. The van der Waals surface area contributed by atoms with E-state index in [0.717, 1.165) is 12.8 Å². The largest absolute Gasteiger partial charge is 0.488 e. The second kappa shape index (κ2) is 3.86. The number of pyridine rings is 1. The van der Waals surface area contributed by atoms with Crippen LogP contribution in [0.15, 0.2) is 12.4 Å². The van der Waals surface area contributed by atoms with Gasteiger partial charge in [-0.05, 0) is 12.8 Å². The Morgan fingerprint density at radius 3 is 2.80 bits per heavy atom. The first kappa shape index (κ1) is 9.92. The summed E-state index contributed by atoms with van der Waals surface area (Å²) in [5.74, 6) is 0.0560. The maximum absolute atomic E-state index is 11.1. The van der Waals surface area contributed by atoms with Crippen molar-refractivity contribution in [3.05, 3.63) is 23.5 Å². The molecule has 0 unspecified atom stereocenters. The fourth-order valence-corrected chi connectivity index (χ4v) is 1.36. The number of hydrogen-bond acceptors (Lipinski definition) is 4. The zero-order valence-corrected chi connectivity index (χ0v) is 8.27. The minimum absolute atomic E-state index is 0.225. The Kier molecular flexibility index (Phi) is 2.55. The van der Waals surface area contributed by atoms with Crippen molar-refractivity contribution in [3.63, 3.8) is 0 Å². The molecule has 80 valence electrons.